The molecule has 1 aromatic rings. The molecule has 1 atom stereocenters. The summed E-state index contributed by atoms with van der Waals surface area (Å²) in [6, 6.07) is 7.57. The number of ether oxygens (including phenoxy) is 1. The van der Waals surface area contributed by atoms with Crippen LogP contribution >= 0.6 is 0 Å². The van der Waals surface area contributed by atoms with Crippen LogP contribution in [0.25, 0.3) is 0 Å². The highest BCUT2D eigenvalue weighted by Gasteiger charge is 2.36. The van der Waals surface area contributed by atoms with Crippen molar-refractivity contribution in [3.05, 3.63) is 24.3 Å². The summed E-state index contributed by atoms with van der Waals surface area (Å²) in [5.41, 5.74) is 0.726. The number of likely N-dealkylation sites (tertiary alicyclic amines) is 1. The molecular formula is C19H28N2O3. The smallest absolute Gasteiger partial charge is 0.229 e. The number of nitrogens with zero attached hydrogens (tertiary/aromatic N) is 1. The Balaban J connectivity index is 1.94. The second-order valence-electron chi connectivity index (χ2n) is 6.60. The lowest BCUT2D eigenvalue weighted by molar-refractivity contribution is -0.130. The van der Waals surface area contributed by atoms with Crippen LogP contribution in [0.2, 0.25) is 0 Å². The zero-order valence-electron chi connectivity index (χ0n) is 15.0. The number of hydrogen-bond donors (Lipinski definition) is 1. The van der Waals surface area contributed by atoms with Gasteiger partial charge in [-0.3, -0.25) is 9.59 Å². The molecule has 0 spiro atoms. The minimum absolute atomic E-state index is 0.0875. The van der Waals surface area contributed by atoms with E-state index in [2.05, 4.69) is 19.2 Å². The maximum atomic E-state index is 12.4. The van der Waals surface area contributed by atoms with Crippen LogP contribution < -0.4 is 10.1 Å². The maximum absolute atomic E-state index is 12.4. The lowest BCUT2D eigenvalue weighted by atomic mass is 10.1. The molecule has 2 rings (SSSR count). The first kappa shape index (κ1) is 18.3. The van der Waals surface area contributed by atoms with Crippen LogP contribution in [0.15, 0.2) is 24.3 Å². The highest BCUT2D eigenvalue weighted by atomic mass is 16.5. The van der Waals surface area contributed by atoms with Crippen molar-refractivity contribution >= 4 is 17.5 Å². The van der Waals surface area contributed by atoms with Gasteiger partial charge < -0.3 is 15.0 Å². The molecule has 5 heteroatoms. The van der Waals surface area contributed by atoms with Gasteiger partial charge in [0.15, 0.2) is 0 Å². The van der Waals surface area contributed by atoms with E-state index in [0.29, 0.717) is 13.0 Å². The summed E-state index contributed by atoms with van der Waals surface area (Å²) < 4.78 is 5.59. The standard InChI is InChI=1S/C19H28N2O3/c1-5-16(6-2)21-12-14(11-18(21)22)19(23)20-15-7-9-17(10-8-15)24-13(3)4/h7-10,13-14,16H,5-6,11-12H2,1-4H3,(H,20,23). The fourth-order valence-electron chi connectivity index (χ4n) is 3.12. The second-order valence-corrected chi connectivity index (χ2v) is 6.60. The molecule has 2 amide bonds. The van der Waals surface area contributed by atoms with Crippen molar-refractivity contribution in [3.8, 4) is 5.75 Å². The molecule has 0 bridgehead atoms. The second kappa shape index (κ2) is 8.18. The molecule has 1 unspecified atom stereocenters. The van der Waals surface area contributed by atoms with Crippen LogP contribution in [-0.4, -0.2) is 35.4 Å². The van der Waals surface area contributed by atoms with Gasteiger partial charge in [-0.15, -0.1) is 0 Å². The number of carbonyl (C=O) groups excluding carboxylic acids is 2. The fourth-order valence-corrected chi connectivity index (χ4v) is 3.12. The van der Waals surface area contributed by atoms with Gasteiger partial charge in [0.2, 0.25) is 11.8 Å². The number of nitrogens with one attached hydrogen (secondary N) is 1. The van der Waals surface area contributed by atoms with Gasteiger partial charge in [-0.05, 0) is 51.0 Å². The van der Waals surface area contributed by atoms with E-state index < -0.39 is 0 Å². The van der Waals surface area contributed by atoms with E-state index in [1.54, 1.807) is 0 Å². The molecule has 0 aliphatic carbocycles. The van der Waals surface area contributed by atoms with E-state index in [0.717, 1.165) is 24.3 Å². The first-order valence-corrected chi connectivity index (χ1v) is 8.81. The van der Waals surface area contributed by atoms with Crippen molar-refractivity contribution < 1.29 is 14.3 Å². The van der Waals surface area contributed by atoms with Gasteiger partial charge >= 0.3 is 0 Å². The minimum Gasteiger partial charge on any atom is -0.491 e. The summed E-state index contributed by atoms with van der Waals surface area (Å²) in [5, 5.41) is 2.91. The Labute approximate surface area is 144 Å². The Hall–Kier alpha value is -2.04. The van der Waals surface area contributed by atoms with Gasteiger partial charge in [0, 0.05) is 24.7 Å². The van der Waals surface area contributed by atoms with E-state index in [-0.39, 0.29) is 29.9 Å². The van der Waals surface area contributed by atoms with Gasteiger partial charge in [-0.25, -0.2) is 0 Å². The number of anilines is 1. The van der Waals surface area contributed by atoms with Crippen LogP contribution in [0, 0.1) is 5.92 Å². The average Bonchev–Trinajstić information content (AvgIpc) is 2.92. The molecular weight excluding hydrogens is 304 g/mol. The Morgan fingerprint density at radius 2 is 1.88 bits per heavy atom. The molecule has 1 heterocycles. The first-order chi connectivity index (χ1) is 11.4. The molecule has 5 nitrogen and oxygen atoms in total. The molecule has 24 heavy (non-hydrogen) atoms. The lowest BCUT2D eigenvalue weighted by Gasteiger charge is -2.26. The van der Waals surface area contributed by atoms with Crippen molar-refractivity contribution in [2.45, 2.75) is 59.1 Å². The maximum Gasteiger partial charge on any atom is 0.229 e. The largest absolute Gasteiger partial charge is 0.491 e. The molecule has 0 saturated carbocycles. The zero-order chi connectivity index (χ0) is 17.7. The summed E-state index contributed by atoms with van der Waals surface area (Å²) >= 11 is 0. The quantitative estimate of drug-likeness (QED) is 0.832. The van der Waals surface area contributed by atoms with Gasteiger partial charge in [0.1, 0.15) is 5.75 Å². The molecule has 1 fully saturated rings. The van der Waals surface area contributed by atoms with Crippen molar-refractivity contribution in [1.29, 1.82) is 0 Å². The van der Waals surface area contributed by atoms with Crippen molar-refractivity contribution in [2.75, 3.05) is 11.9 Å². The van der Waals surface area contributed by atoms with Gasteiger partial charge in [0.05, 0.1) is 12.0 Å². The monoisotopic (exact) mass is 332 g/mol. The van der Waals surface area contributed by atoms with Crippen molar-refractivity contribution in [1.82, 2.24) is 4.90 Å². The number of carbonyl (C=O) groups is 2. The third-order valence-corrected chi connectivity index (χ3v) is 4.41. The highest BCUT2D eigenvalue weighted by Crippen LogP contribution is 2.25. The number of benzene rings is 1. The molecule has 0 aromatic heterocycles. The summed E-state index contributed by atoms with van der Waals surface area (Å²) in [4.78, 5) is 26.5. The van der Waals surface area contributed by atoms with E-state index in [4.69, 9.17) is 4.74 Å². The number of rotatable bonds is 7. The summed E-state index contributed by atoms with van der Waals surface area (Å²) in [6.45, 7) is 8.62. The molecule has 1 N–H and O–H groups in total. The Kier molecular flexibility index (Phi) is 6.23. The Bertz CT molecular complexity index is 564. The SMILES string of the molecule is CCC(CC)N1CC(C(=O)Nc2ccc(OC(C)C)cc2)CC1=O. The van der Waals surface area contributed by atoms with E-state index in [1.165, 1.54) is 0 Å². The topological polar surface area (TPSA) is 58.6 Å². The highest BCUT2D eigenvalue weighted by molar-refractivity contribution is 5.97. The normalized spacial score (nSPS) is 17.7. The Morgan fingerprint density at radius 1 is 1.25 bits per heavy atom. The average molecular weight is 332 g/mol. The zero-order valence-corrected chi connectivity index (χ0v) is 15.0. The third kappa shape index (κ3) is 4.49. The van der Waals surface area contributed by atoms with E-state index >= 15 is 0 Å². The van der Waals surface area contributed by atoms with Crippen LogP contribution in [0.3, 0.4) is 0 Å². The van der Waals surface area contributed by atoms with Crippen molar-refractivity contribution in [3.63, 3.8) is 0 Å². The summed E-state index contributed by atoms with van der Waals surface area (Å²) in [6.07, 6.45) is 2.27. The molecule has 132 valence electrons. The molecule has 1 aliphatic heterocycles. The molecule has 1 aromatic carbocycles. The summed E-state index contributed by atoms with van der Waals surface area (Å²) in [5.74, 6) is 0.502. The summed E-state index contributed by atoms with van der Waals surface area (Å²) in [7, 11) is 0. The molecule has 0 radical (unpaired) electrons. The predicted molar refractivity (Wildman–Crippen MR) is 95.0 cm³/mol. The predicted octanol–water partition coefficient (Wildman–Crippen LogP) is 3.45. The van der Waals surface area contributed by atoms with Gasteiger partial charge in [-0.1, -0.05) is 13.8 Å². The fraction of sp³-hybridized carbons (Fsp3) is 0.579. The van der Waals surface area contributed by atoms with Crippen LogP contribution in [0.1, 0.15) is 47.0 Å². The third-order valence-electron chi connectivity index (χ3n) is 4.41. The van der Waals surface area contributed by atoms with Gasteiger partial charge in [0.25, 0.3) is 0 Å². The van der Waals surface area contributed by atoms with E-state index in [9.17, 15) is 9.59 Å². The van der Waals surface area contributed by atoms with E-state index in [1.807, 2.05) is 43.0 Å². The Morgan fingerprint density at radius 3 is 2.42 bits per heavy atom. The number of amides is 2. The molecule has 1 aliphatic rings. The van der Waals surface area contributed by atoms with Crippen LogP contribution in [-0.2, 0) is 9.59 Å². The number of hydrogen-bond acceptors (Lipinski definition) is 3. The van der Waals surface area contributed by atoms with Crippen LogP contribution in [0.5, 0.6) is 5.75 Å². The first-order valence-electron chi connectivity index (χ1n) is 8.81. The molecule has 1 saturated heterocycles. The minimum atomic E-state index is -0.273. The lowest BCUT2D eigenvalue weighted by Crippen LogP contribution is -2.36. The van der Waals surface area contributed by atoms with Gasteiger partial charge in [-0.2, -0.15) is 0 Å². The van der Waals surface area contributed by atoms with Crippen molar-refractivity contribution in [2.24, 2.45) is 5.92 Å². The van der Waals surface area contributed by atoms with Crippen LogP contribution in [0.4, 0.5) is 5.69 Å².